The van der Waals surface area contributed by atoms with Crippen LogP contribution in [0.2, 0.25) is 0 Å². The SMILES string of the molecule is CC1(C)CC(CCNC(=O)c2cccn2C2CC2)(c2ccccc2)CCO1. The maximum atomic E-state index is 12.7. The first kappa shape index (κ1) is 18.3. The third-order valence-corrected chi connectivity index (χ3v) is 6.06. The van der Waals surface area contributed by atoms with E-state index in [-0.39, 0.29) is 16.9 Å². The molecule has 1 saturated heterocycles. The highest BCUT2D eigenvalue weighted by atomic mass is 16.5. The predicted molar refractivity (Wildman–Crippen MR) is 107 cm³/mol. The lowest BCUT2D eigenvalue weighted by atomic mass is 9.67. The molecule has 2 aliphatic rings. The second kappa shape index (κ2) is 7.16. The fourth-order valence-electron chi connectivity index (χ4n) is 4.64. The Morgan fingerprint density at radius 1 is 1.19 bits per heavy atom. The molecule has 1 amide bonds. The summed E-state index contributed by atoms with van der Waals surface area (Å²) >= 11 is 0. The number of rotatable bonds is 6. The highest BCUT2D eigenvalue weighted by Gasteiger charge is 2.41. The summed E-state index contributed by atoms with van der Waals surface area (Å²) < 4.78 is 8.11. The van der Waals surface area contributed by atoms with Gasteiger partial charge in [-0.3, -0.25) is 4.79 Å². The number of nitrogens with zero attached hydrogens (tertiary/aromatic N) is 1. The zero-order valence-corrected chi connectivity index (χ0v) is 16.4. The summed E-state index contributed by atoms with van der Waals surface area (Å²) in [6, 6.07) is 15.2. The Morgan fingerprint density at radius 3 is 2.67 bits per heavy atom. The lowest BCUT2D eigenvalue weighted by Crippen LogP contribution is -2.45. The Bertz CT molecular complexity index is 792. The van der Waals surface area contributed by atoms with Gasteiger partial charge in [0.1, 0.15) is 5.69 Å². The molecule has 2 aromatic rings. The third kappa shape index (κ3) is 3.96. The Hall–Kier alpha value is -2.07. The highest BCUT2D eigenvalue weighted by molar-refractivity contribution is 5.92. The average molecular weight is 367 g/mol. The Labute approximate surface area is 161 Å². The fraction of sp³-hybridized carbons (Fsp3) is 0.522. The van der Waals surface area contributed by atoms with E-state index in [0.29, 0.717) is 12.6 Å². The molecule has 1 atom stereocenters. The van der Waals surface area contributed by atoms with Gasteiger partial charge in [-0.25, -0.2) is 0 Å². The fourth-order valence-corrected chi connectivity index (χ4v) is 4.64. The van der Waals surface area contributed by atoms with Crippen molar-refractivity contribution in [1.82, 2.24) is 9.88 Å². The zero-order valence-electron chi connectivity index (χ0n) is 16.4. The number of hydrogen-bond acceptors (Lipinski definition) is 2. The van der Waals surface area contributed by atoms with Crippen LogP contribution in [0.3, 0.4) is 0 Å². The number of aromatic nitrogens is 1. The molecule has 4 heteroatoms. The van der Waals surface area contributed by atoms with Gasteiger partial charge < -0.3 is 14.6 Å². The second-order valence-corrected chi connectivity index (χ2v) is 8.72. The lowest BCUT2D eigenvalue weighted by molar-refractivity contribution is -0.0838. The highest BCUT2D eigenvalue weighted by Crippen LogP contribution is 2.43. The van der Waals surface area contributed by atoms with E-state index in [1.807, 2.05) is 18.3 Å². The molecule has 1 aromatic carbocycles. The number of benzene rings is 1. The quantitative estimate of drug-likeness (QED) is 0.820. The minimum absolute atomic E-state index is 0.0430. The first-order valence-corrected chi connectivity index (χ1v) is 10.1. The van der Waals surface area contributed by atoms with E-state index < -0.39 is 0 Å². The molecule has 4 rings (SSSR count). The minimum Gasteiger partial charge on any atom is -0.376 e. The Kier molecular flexibility index (Phi) is 4.85. The molecule has 4 nitrogen and oxygen atoms in total. The van der Waals surface area contributed by atoms with E-state index in [1.54, 1.807) is 0 Å². The second-order valence-electron chi connectivity index (χ2n) is 8.72. The normalized spacial score (nSPS) is 24.5. The van der Waals surface area contributed by atoms with Gasteiger partial charge in [-0.05, 0) is 63.6 Å². The van der Waals surface area contributed by atoms with Gasteiger partial charge >= 0.3 is 0 Å². The molecule has 1 aliphatic heterocycles. The molecule has 1 aromatic heterocycles. The molecule has 0 bridgehead atoms. The van der Waals surface area contributed by atoms with Crippen molar-refractivity contribution in [1.29, 1.82) is 0 Å². The predicted octanol–water partition coefficient (Wildman–Crippen LogP) is 4.47. The van der Waals surface area contributed by atoms with Crippen LogP contribution in [0.15, 0.2) is 48.7 Å². The minimum atomic E-state index is -0.140. The molecule has 1 aliphatic carbocycles. The van der Waals surface area contributed by atoms with Crippen LogP contribution in [0.4, 0.5) is 0 Å². The summed E-state index contributed by atoms with van der Waals surface area (Å²) in [5.41, 5.74) is 2.06. The monoisotopic (exact) mass is 366 g/mol. The van der Waals surface area contributed by atoms with Gasteiger partial charge in [0.15, 0.2) is 0 Å². The first-order valence-electron chi connectivity index (χ1n) is 10.1. The van der Waals surface area contributed by atoms with Crippen molar-refractivity contribution in [2.45, 2.75) is 63.0 Å². The van der Waals surface area contributed by atoms with Crippen LogP contribution >= 0.6 is 0 Å². The van der Waals surface area contributed by atoms with Crippen molar-refractivity contribution >= 4 is 5.91 Å². The van der Waals surface area contributed by atoms with E-state index in [2.05, 4.69) is 54.1 Å². The third-order valence-electron chi connectivity index (χ3n) is 6.06. The number of hydrogen-bond donors (Lipinski definition) is 1. The Balaban J connectivity index is 1.46. The molecule has 1 unspecified atom stereocenters. The van der Waals surface area contributed by atoms with Crippen LogP contribution in [0.5, 0.6) is 0 Å². The number of amides is 1. The van der Waals surface area contributed by atoms with Crippen LogP contribution in [0.1, 0.15) is 68.0 Å². The summed E-state index contributed by atoms with van der Waals surface area (Å²) in [6.45, 7) is 5.79. The van der Waals surface area contributed by atoms with Crippen molar-refractivity contribution in [3.05, 3.63) is 59.9 Å². The van der Waals surface area contributed by atoms with Gasteiger partial charge in [0.2, 0.25) is 0 Å². The molecule has 27 heavy (non-hydrogen) atoms. The molecule has 144 valence electrons. The van der Waals surface area contributed by atoms with Crippen LogP contribution < -0.4 is 5.32 Å². The summed E-state index contributed by atoms with van der Waals surface area (Å²) in [5, 5.41) is 3.18. The van der Waals surface area contributed by atoms with Crippen molar-refractivity contribution in [2.75, 3.05) is 13.2 Å². The van der Waals surface area contributed by atoms with Gasteiger partial charge in [0.05, 0.1) is 5.60 Å². The molecule has 2 fully saturated rings. The standard InChI is InChI=1S/C23H30N2O2/c1-22(2)17-23(13-16-27-22,18-7-4-3-5-8-18)12-14-24-21(26)20-9-6-15-25(20)19-10-11-19/h3-9,15,19H,10-14,16-17H2,1-2H3,(H,24,26). The molecule has 1 saturated carbocycles. The van der Waals surface area contributed by atoms with E-state index in [9.17, 15) is 4.79 Å². The van der Waals surface area contributed by atoms with Crippen molar-refractivity contribution in [3.8, 4) is 0 Å². The smallest absolute Gasteiger partial charge is 0.267 e. The average Bonchev–Trinajstić information content (AvgIpc) is 3.38. The van der Waals surface area contributed by atoms with E-state index in [0.717, 1.165) is 31.6 Å². The van der Waals surface area contributed by atoms with Crippen LogP contribution in [0.25, 0.3) is 0 Å². The van der Waals surface area contributed by atoms with Gasteiger partial charge in [-0.2, -0.15) is 0 Å². The first-order chi connectivity index (χ1) is 13.0. The van der Waals surface area contributed by atoms with Crippen LogP contribution in [-0.4, -0.2) is 29.2 Å². The largest absolute Gasteiger partial charge is 0.376 e. The summed E-state index contributed by atoms with van der Waals surface area (Å²) in [5.74, 6) is 0.0430. The van der Waals surface area contributed by atoms with Gasteiger partial charge in [0, 0.05) is 30.8 Å². The van der Waals surface area contributed by atoms with Crippen LogP contribution in [-0.2, 0) is 10.2 Å². The van der Waals surface area contributed by atoms with Crippen molar-refractivity contribution < 1.29 is 9.53 Å². The Morgan fingerprint density at radius 2 is 1.96 bits per heavy atom. The lowest BCUT2D eigenvalue weighted by Gasteiger charge is -2.45. The van der Waals surface area contributed by atoms with E-state index >= 15 is 0 Å². The van der Waals surface area contributed by atoms with Crippen LogP contribution in [0, 0.1) is 0 Å². The maximum Gasteiger partial charge on any atom is 0.267 e. The van der Waals surface area contributed by atoms with Gasteiger partial charge in [-0.15, -0.1) is 0 Å². The van der Waals surface area contributed by atoms with Gasteiger partial charge in [-0.1, -0.05) is 30.3 Å². The molecule has 1 N–H and O–H groups in total. The number of ether oxygens (including phenoxy) is 1. The number of carbonyl (C=O) groups is 1. The zero-order chi connectivity index (χ0) is 18.9. The number of nitrogens with one attached hydrogen (secondary N) is 1. The van der Waals surface area contributed by atoms with E-state index in [1.165, 1.54) is 18.4 Å². The molecule has 2 heterocycles. The molecular weight excluding hydrogens is 336 g/mol. The van der Waals surface area contributed by atoms with Crippen molar-refractivity contribution in [3.63, 3.8) is 0 Å². The maximum absolute atomic E-state index is 12.7. The van der Waals surface area contributed by atoms with Crippen molar-refractivity contribution in [2.24, 2.45) is 0 Å². The summed E-state index contributed by atoms with van der Waals surface area (Å²) in [4.78, 5) is 12.7. The topological polar surface area (TPSA) is 43.3 Å². The molecular formula is C23H30N2O2. The van der Waals surface area contributed by atoms with E-state index in [4.69, 9.17) is 4.74 Å². The summed E-state index contributed by atoms with van der Waals surface area (Å²) in [6.07, 6.45) is 7.29. The summed E-state index contributed by atoms with van der Waals surface area (Å²) in [7, 11) is 0. The molecule has 0 radical (unpaired) electrons. The van der Waals surface area contributed by atoms with Gasteiger partial charge in [0.25, 0.3) is 5.91 Å². The number of carbonyl (C=O) groups excluding carboxylic acids is 1. The molecule has 0 spiro atoms.